The number of hydrogen-bond donors (Lipinski definition) is 3. The third kappa shape index (κ3) is 5.22. The summed E-state index contributed by atoms with van der Waals surface area (Å²) in [6.45, 7) is 4.16. The summed E-state index contributed by atoms with van der Waals surface area (Å²) < 4.78 is 10.7. The van der Waals surface area contributed by atoms with E-state index in [1.807, 2.05) is 38.1 Å². The number of hydrogen-bond acceptors (Lipinski definition) is 5. The summed E-state index contributed by atoms with van der Waals surface area (Å²) in [5, 5.41) is 14.7. The normalized spacial score (nSPS) is 19.2. The van der Waals surface area contributed by atoms with Gasteiger partial charge in [-0.25, -0.2) is 9.59 Å². The van der Waals surface area contributed by atoms with Crippen molar-refractivity contribution in [1.82, 2.24) is 10.6 Å². The minimum absolute atomic E-state index is 0.0251. The number of rotatable bonds is 8. The van der Waals surface area contributed by atoms with E-state index in [0.717, 1.165) is 22.3 Å². The Hall–Kier alpha value is -3.39. The van der Waals surface area contributed by atoms with Crippen LogP contribution >= 0.6 is 0 Å². The minimum Gasteiger partial charge on any atom is -0.479 e. The van der Waals surface area contributed by atoms with Gasteiger partial charge in [0.1, 0.15) is 6.61 Å². The maximum absolute atomic E-state index is 12.6. The molecule has 0 saturated carbocycles. The standard InChI is InChI=1S/C26H30N2O6/c1-26(2,13-11-22(29)27-21-12-14-33-23(21)24(30)31)28-25(32)34-15-20-18-9-5-3-7-16(18)17-8-4-6-10-19(17)20/h3-10,20-21,23H,11-15H2,1-2H3,(H,27,29)(H,28,32)(H,30,31). The molecule has 2 aromatic rings. The molecule has 2 aliphatic rings. The van der Waals surface area contributed by atoms with E-state index in [4.69, 9.17) is 14.6 Å². The van der Waals surface area contributed by atoms with E-state index < -0.39 is 29.7 Å². The van der Waals surface area contributed by atoms with Crippen LogP contribution in [0.1, 0.15) is 50.2 Å². The molecule has 2 atom stereocenters. The first-order valence-electron chi connectivity index (χ1n) is 11.5. The van der Waals surface area contributed by atoms with E-state index in [1.165, 1.54) is 0 Å². The molecule has 4 rings (SSSR count). The molecule has 1 saturated heterocycles. The summed E-state index contributed by atoms with van der Waals surface area (Å²) >= 11 is 0. The minimum atomic E-state index is -1.08. The van der Waals surface area contributed by atoms with Crippen molar-refractivity contribution in [2.75, 3.05) is 13.2 Å². The zero-order valence-corrected chi connectivity index (χ0v) is 19.4. The van der Waals surface area contributed by atoms with Crippen LogP contribution < -0.4 is 10.6 Å². The number of aliphatic carboxylic acids is 1. The molecule has 3 N–H and O–H groups in total. The largest absolute Gasteiger partial charge is 0.479 e. The van der Waals surface area contributed by atoms with Crippen molar-refractivity contribution in [2.24, 2.45) is 0 Å². The lowest BCUT2D eigenvalue weighted by atomic mass is 9.97. The summed E-state index contributed by atoms with van der Waals surface area (Å²) in [6, 6.07) is 15.7. The topological polar surface area (TPSA) is 114 Å². The van der Waals surface area contributed by atoms with Crippen LogP contribution in [0.2, 0.25) is 0 Å². The number of carbonyl (C=O) groups excluding carboxylic acids is 2. The first kappa shape index (κ1) is 23.8. The van der Waals surface area contributed by atoms with Gasteiger partial charge in [-0.1, -0.05) is 48.5 Å². The van der Waals surface area contributed by atoms with E-state index in [2.05, 4.69) is 34.9 Å². The molecule has 180 valence electrons. The predicted octanol–water partition coefficient (Wildman–Crippen LogP) is 3.44. The van der Waals surface area contributed by atoms with Crippen LogP contribution in [0.3, 0.4) is 0 Å². The van der Waals surface area contributed by atoms with Crippen molar-refractivity contribution < 1.29 is 29.0 Å². The maximum atomic E-state index is 12.6. The van der Waals surface area contributed by atoms with Crippen molar-refractivity contribution in [3.63, 3.8) is 0 Å². The number of amides is 2. The number of carboxylic acids is 1. The molecular weight excluding hydrogens is 436 g/mol. The molecular formula is C26H30N2O6. The van der Waals surface area contributed by atoms with Crippen molar-refractivity contribution in [3.8, 4) is 11.1 Å². The SMILES string of the molecule is CC(C)(CCC(=O)NC1CCOC1C(=O)O)NC(=O)OCC1c2ccccc2-c2ccccc21. The van der Waals surface area contributed by atoms with Gasteiger partial charge in [0.15, 0.2) is 6.10 Å². The Morgan fingerprint density at radius 3 is 2.29 bits per heavy atom. The summed E-state index contributed by atoms with van der Waals surface area (Å²) in [5.41, 5.74) is 3.93. The quantitative estimate of drug-likeness (QED) is 0.549. The fourth-order valence-corrected chi connectivity index (χ4v) is 4.66. The number of fused-ring (bicyclic) bond motifs is 3. The Morgan fingerprint density at radius 1 is 1.06 bits per heavy atom. The third-order valence-electron chi connectivity index (χ3n) is 6.44. The predicted molar refractivity (Wildman–Crippen MR) is 125 cm³/mol. The van der Waals surface area contributed by atoms with Crippen LogP contribution in [0.4, 0.5) is 4.79 Å². The molecule has 1 fully saturated rings. The molecule has 2 unspecified atom stereocenters. The van der Waals surface area contributed by atoms with Gasteiger partial charge in [-0.15, -0.1) is 0 Å². The highest BCUT2D eigenvalue weighted by atomic mass is 16.5. The highest BCUT2D eigenvalue weighted by Crippen LogP contribution is 2.44. The lowest BCUT2D eigenvalue weighted by Crippen LogP contribution is -2.47. The molecule has 8 nitrogen and oxygen atoms in total. The lowest BCUT2D eigenvalue weighted by Gasteiger charge is -2.26. The van der Waals surface area contributed by atoms with Crippen molar-refractivity contribution in [1.29, 1.82) is 0 Å². The average Bonchev–Trinajstić information content (AvgIpc) is 3.39. The van der Waals surface area contributed by atoms with Gasteiger partial charge in [0, 0.05) is 24.5 Å². The first-order chi connectivity index (χ1) is 16.2. The van der Waals surface area contributed by atoms with E-state index in [-0.39, 0.29) is 24.9 Å². The second kappa shape index (κ2) is 9.85. The molecule has 0 bridgehead atoms. The molecule has 1 aliphatic heterocycles. The van der Waals surface area contributed by atoms with Gasteiger partial charge < -0.3 is 25.2 Å². The summed E-state index contributed by atoms with van der Waals surface area (Å²) in [5.74, 6) is -1.38. The fourth-order valence-electron chi connectivity index (χ4n) is 4.66. The van der Waals surface area contributed by atoms with Gasteiger partial charge in [0.25, 0.3) is 0 Å². The monoisotopic (exact) mass is 466 g/mol. The fraction of sp³-hybridized carbons (Fsp3) is 0.423. The van der Waals surface area contributed by atoms with Crippen LogP contribution in [-0.2, 0) is 19.1 Å². The second-order valence-electron chi connectivity index (χ2n) is 9.43. The summed E-state index contributed by atoms with van der Waals surface area (Å²) in [7, 11) is 0. The number of benzene rings is 2. The Bertz CT molecular complexity index is 1040. The zero-order chi connectivity index (χ0) is 24.3. The van der Waals surface area contributed by atoms with Crippen molar-refractivity contribution >= 4 is 18.0 Å². The third-order valence-corrected chi connectivity index (χ3v) is 6.44. The van der Waals surface area contributed by atoms with Gasteiger partial charge in [-0.05, 0) is 48.9 Å². The number of ether oxygens (including phenoxy) is 2. The maximum Gasteiger partial charge on any atom is 0.407 e. The average molecular weight is 467 g/mol. The van der Waals surface area contributed by atoms with Gasteiger partial charge in [-0.3, -0.25) is 4.79 Å². The molecule has 1 heterocycles. The number of carbonyl (C=O) groups is 3. The summed E-state index contributed by atoms with van der Waals surface area (Å²) in [4.78, 5) is 36.1. The zero-order valence-electron chi connectivity index (χ0n) is 19.4. The molecule has 0 spiro atoms. The Kier molecular flexibility index (Phi) is 6.88. The van der Waals surface area contributed by atoms with Crippen molar-refractivity contribution in [2.45, 2.75) is 56.7 Å². The molecule has 0 radical (unpaired) electrons. The molecule has 34 heavy (non-hydrogen) atoms. The van der Waals surface area contributed by atoms with Gasteiger partial charge in [0.2, 0.25) is 5.91 Å². The van der Waals surface area contributed by atoms with E-state index in [1.54, 1.807) is 0 Å². The highest BCUT2D eigenvalue weighted by molar-refractivity contribution is 5.80. The van der Waals surface area contributed by atoms with Crippen molar-refractivity contribution in [3.05, 3.63) is 59.7 Å². The molecule has 2 aromatic carbocycles. The van der Waals surface area contributed by atoms with Gasteiger partial charge >= 0.3 is 12.1 Å². The smallest absolute Gasteiger partial charge is 0.407 e. The van der Waals surface area contributed by atoms with Gasteiger partial charge in [-0.2, -0.15) is 0 Å². The molecule has 1 aliphatic carbocycles. The molecule has 0 aromatic heterocycles. The number of alkyl carbamates (subject to hydrolysis) is 1. The van der Waals surface area contributed by atoms with Crippen LogP contribution in [-0.4, -0.2) is 54.0 Å². The molecule has 2 amide bonds. The van der Waals surface area contributed by atoms with Crippen LogP contribution in [0.25, 0.3) is 11.1 Å². The van der Waals surface area contributed by atoms with Crippen LogP contribution in [0, 0.1) is 0 Å². The van der Waals surface area contributed by atoms with E-state index in [9.17, 15) is 14.4 Å². The second-order valence-corrected chi connectivity index (χ2v) is 9.43. The molecule has 8 heteroatoms. The van der Waals surface area contributed by atoms with Crippen LogP contribution in [0.15, 0.2) is 48.5 Å². The van der Waals surface area contributed by atoms with E-state index >= 15 is 0 Å². The highest BCUT2D eigenvalue weighted by Gasteiger charge is 2.35. The van der Waals surface area contributed by atoms with Gasteiger partial charge in [0.05, 0.1) is 6.04 Å². The van der Waals surface area contributed by atoms with E-state index in [0.29, 0.717) is 19.4 Å². The Balaban J connectivity index is 1.27. The lowest BCUT2D eigenvalue weighted by molar-refractivity contribution is -0.148. The Labute approximate surface area is 198 Å². The summed E-state index contributed by atoms with van der Waals surface area (Å²) in [6.07, 6.45) is -0.587. The van der Waals surface area contributed by atoms with Crippen LogP contribution in [0.5, 0.6) is 0 Å². The number of carboxylic acid groups (broad SMARTS) is 1. The Morgan fingerprint density at radius 2 is 1.68 bits per heavy atom. The first-order valence-corrected chi connectivity index (χ1v) is 11.5. The number of nitrogens with one attached hydrogen (secondary N) is 2.